The number of nitriles is 1. The van der Waals surface area contributed by atoms with Gasteiger partial charge in [0.05, 0.1) is 12.1 Å². The molecule has 1 atom stereocenters. The van der Waals surface area contributed by atoms with Crippen LogP contribution in [-0.4, -0.2) is 18.3 Å². The zero-order valence-corrected chi connectivity index (χ0v) is 12.1. The van der Waals surface area contributed by atoms with Gasteiger partial charge >= 0.3 is 0 Å². The Labute approximate surface area is 115 Å². The second-order valence-corrected chi connectivity index (χ2v) is 5.57. The minimum Gasteiger partial charge on any atom is -0.302 e. The lowest BCUT2D eigenvalue weighted by Gasteiger charge is -2.10. The fourth-order valence-corrected chi connectivity index (χ4v) is 2.69. The topological polar surface area (TPSA) is 35.8 Å². The fraction of sp³-hybridized carbons (Fsp3) is 0.533. The first-order valence-electron chi connectivity index (χ1n) is 6.52. The van der Waals surface area contributed by atoms with E-state index in [4.69, 9.17) is 5.26 Å². The van der Waals surface area contributed by atoms with Crippen LogP contribution in [0.4, 0.5) is 0 Å². The number of thioether (sulfide) groups is 1. The molecule has 0 bridgehead atoms. The number of hydrogen-bond donors (Lipinski definition) is 1. The number of hydrogen-bond acceptors (Lipinski definition) is 3. The van der Waals surface area contributed by atoms with Crippen LogP contribution in [0, 0.1) is 18.3 Å². The Morgan fingerprint density at radius 2 is 2.28 bits per heavy atom. The molecule has 98 valence electrons. The van der Waals surface area contributed by atoms with Crippen molar-refractivity contribution in [3.05, 3.63) is 35.4 Å². The zero-order chi connectivity index (χ0) is 13.2. The van der Waals surface area contributed by atoms with Crippen molar-refractivity contribution in [3.8, 4) is 6.07 Å². The Kier molecular flexibility index (Phi) is 7.55. The van der Waals surface area contributed by atoms with Gasteiger partial charge in [0.25, 0.3) is 0 Å². The quantitative estimate of drug-likeness (QED) is 0.728. The molecule has 1 aromatic rings. The number of benzene rings is 1. The van der Waals surface area contributed by atoms with Crippen molar-refractivity contribution in [2.24, 2.45) is 0 Å². The van der Waals surface area contributed by atoms with E-state index >= 15 is 0 Å². The highest BCUT2D eigenvalue weighted by atomic mass is 32.2. The molecule has 0 saturated carbocycles. The smallest absolute Gasteiger partial charge is 0.0960 e. The molecule has 0 aliphatic rings. The van der Waals surface area contributed by atoms with E-state index in [9.17, 15) is 0 Å². The summed E-state index contributed by atoms with van der Waals surface area (Å²) in [5, 5.41) is 12.2. The number of rotatable bonds is 8. The lowest BCUT2D eigenvalue weighted by atomic mass is 10.2. The molecule has 0 heterocycles. The number of nitrogens with zero attached hydrogens (tertiary/aromatic N) is 1. The van der Waals surface area contributed by atoms with Gasteiger partial charge in [-0.3, -0.25) is 0 Å². The molecular weight excluding hydrogens is 240 g/mol. The van der Waals surface area contributed by atoms with Crippen LogP contribution in [0.25, 0.3) is 0 Å². The Hall–Kier alpha value is -0.980. The van der Waals surface area contributed by atoms with E-state index in [0.29, 0.717) is 0 Å². The summed E-state index contributed by atoms with van der Waals surface area (Å²) in [5.74, 6) is 2.07. The van der Waals surface area contributed by atoms with Gasteiger partial charge in [-0.25, -0.2) is 0 Å². The van der Waals surface area contributed by atoms with Gasteiger partial charge in [0, 0.05) is 5.75 Å². The molecule has 0 radical (unpaired) electrons. The van der Waals surface area contributed by atoms with Gasteiger partial charge in [-0.1, -0.05) is 36.8 Å². The summed E-state index contributed by atoms with van der Waals surface area (Å²) >= 11 is 1.90. The Morgan fingerprint density at radius 3 is 2.94 bits per heavy atom. The standard InChI is InChI=1S/C15H22N2S/c1-3-8-17-15(11-16)7-9-18-12-14-6-4-5-13(2)10-14/h4-6,10,15,17H,3,7-9,12H2,1-2H3. The normalized spacial score (nSPS) is 12.1. The number of nitrogens with one attached hydrogen (secondary N) is 1. The predicted molar refractivity (Wildman–Crippen MR) is 79.7 cm³/mol. The van der Waals surface area contributed by atoms with Gasteiger partial charge in [-0.15, -0.1) is 0 Å². The van der Waals surface area contributed by atoms with Gasteiger partial charge in [-0.05, 0) is 37.6 Å². The van der Waals surface area contributed by atoms with Crippen molar-refractivity contribution in [2.45, 2.75) is 38.5 Å². The maximum absolute atomic E-state index is 8.98. The van der Waals surface area contributed by atoms with Crippen LogP contribution in [-0.2, 0) is 5.75 Å². The molecule has 18 heavy (non-hydrogen) atoms. The second kappa shape index (κ2) is 9.02. The molecule has 0 aliphatic carbocycles. The molecule has 0 saturated heterocycles. The highest BCUT2D eigenvalue weighted by Gasteiger charge is 2.05. The van der Waals surface area contributed by atoms with Gasteiger partial charge in [0.15, 0.2) is 0 Å². The summed E-state index contributed by atoms with van der Waals surface area (Å²) in [7, 11) is 0. The van der Waals surface area contributed by atoms with Crippen molar-refractivity contribution < 1.29 is 0 Å². The van der Waals surface area contributed by atoms with E-state index in [-0.39, 0.29) is 6.04 Å². The molecule has 1 aromatic carbocycles. The molecule has 1 N–H and O–H groups in total. The first-order chi connectivity index (χ1) is 8.76. The lowest BCUT2D eigenvalue weighted by Crippen LogP contribution is -2.28. The molecule has 0 fully saturated rings. The van der Waals surface area contributed by atoms with E-state index in [1.165, 1.54) is 11.1 Å². The minimum atomic E-state index is 0.00922. The van der Waals surface area contributed by atoms with Crippen molar-refractivity contribution in [2.75, 3.05) is 12.3 Å². The number of aryl methyl sites for hydroxylation is 1. The molecule has 0 aromatic heterocycles. The van der Waals surface area contributed by atoms with Crippen LogP contribution >= 0.6 is 11.8 Å². The van der Waals surface area contributed by atoms with E-state index in [1.54, 1.807) is 0 Å². The third kappa shape index (κ3) is 6.09. The van der Waals surface area contributed by atoms with E-state index in [0.717, 1.165) is 30.9 Å². The Morgan fingerprint density at radius 1 is 1.44 bits per heavy atom. The van der Waals surface area contributed by atoms with Crippen LogP contribution in [0.1, 0.15) is 30.9 Å². The average molecular weight is 262 g/mol. The maximum Gasteiger partial charge on any atom is 0.0960 e. The SMILES string of the molecule is CCCNC(C#N)CCSCc1cccc(C)c1. The maximum atomic E-state index is 8.98. The van der Waals surface area contributed by atoms with Crippen molar-refractivity contribution in [3.63, 3.8) is 0 Å². The molecule has 0 aliphatic heterocycles. The first-order valence-corrected chi connectivity index (χ1v) is 7.68. The highest BCUT2D eigenvalue weighted by Crippen LogP contribution is 2.14. The summed E-state index contributed by atoms with van der Waals surface area (Å²) in [4.78, 5) is 0. The molecule has 0 amide bonds. The van der Waals surface area contributed by atoms with Crippen molar-refractivity contribution in [1.82, 2.24) is 5.32 Å². The van der Waals surface area contributed by atoms with Crippen LogP contribution in [0.5, 0.6) is 0 Å². The summed E-state index contributed by atoms with van der Waals surface area (Å²) in [6.45, 7) is 5.17. The van der Waals surface area contributed by atoms with Crippen molar-refractivity contribution >= 4 is 11.8 Å². The van der Waals surface area contributed by atoms with Crippen LogP contribution < -0.4 is 5.32 Å². The second-order valence-electron chi connectivity index (χ2n) is 4.47. The fourth-order valence-electron chi connectivity index (χ4n) is 1.72. The van der Waals surface area contributed by atoms with E-state index in [1.807, 2.05) is 11.8 Å². The van der Waals surface area contributed by atoms with Crippen LogP contribution in [0.3, 0.4) is 0 Å². The molecule has 1 rings (SSSR count). The molecular formula is C15H22N2S. The highest BCUT2D eigenvalue weighted by molar-refractivity contribution is 7.98. The van der Waals surface area contributed by atoms with Gasteiger partial charge in [0.2, 0.25) is 0 Å². The van der Waals surface area contributed by atoms with Gasteiger partial charge < -0.3 is 5.32 Å². The van der Waals surface area contributed by atoms with Gasteiger partial charge in [0.1, 0.15) is 0 Å². The molecule has 1 unspecified atom stereocenters. The van der Waals surface area contributed by atoms with E-state index in [2.05, 4.69) is 49.5 Å². The summed E-state index contributed by atoms with van der Waals surface area (Å²) < 4.78 is 0. The molecule has 3 heteroatoms. The Bertz CT molecular complexity index is 384. The minimum absolute atomic E-state index is 0.00922. The molecule has 0 spiro atoms. The van der Waals surface area contributed by atoms with Crippen LogP contribution in [0.15, 0.2) is 24.3 Å². The summed E-state index contributed by atoms with van der Waals surface area (Å²) in [6.07, 6.45) is 2.00. The van der Waals surface area contributed by atoms with Crippen molar-refractivity contribution in [1.29, 1.82) is 5.26 Å². The lowest BCUT2D eigenvalue weighted by molar-refractivity contribution is 0.585. The third-order valence-electron chi connectivity index (χ3n) is 2.70. The van der Waals surface area contributed by atoms with Gasteiger partial charge in [-0.2, -0.15) is 17.0 Å². The predicted octanol–water partition coefficient (Wildman–Crippen LogP) is 3.51. The zero-order valence-electron chi connectivity index (χ0n) is 11.3. The van der Waals surface area contributed by atoms with Crippen LogP contribution in [0.2, 0.25) is 0 Å². The monoisotopic (exact) mass is 262 g/mol. The first kappa shape index (κ1) is 15.1. The summed E-state index contributed by atoms with van der Waals surface area (Å²) in [6, 6.07) is 10.9. The summed E-state index contributed by atoms with van der Waals surface area (Å²) in [5.41, 5.74) is 2.68. The average Bonchev–Trinajstić information content (AvgIpc) is 2.38. The molecule has 2 nitrogen and oxygen atoms in total. The largest absolute Gasteiger partial charge is 0.302 e. The third-order valence-corrected chi connectivity index (χ3v) is 3.76. The Balaban J connectivity index is 2.20. The van der Waals surface area contributed by atoms with E-state index < -0.39 is 0 Å².